The van der Waals surface area contributed by atoms with Crippen molar-refractivity contribution in [1.82, 2.24) is 4.98 Å². The van der Waals surface area contributed by atoms with E-state index in [1.807, 2.05) is 0 Å². The topological polar surface area (TPSA) is 12.9 Å². The van der Waals surface area contributed by atoms with Gasteiger partial charge in [0, 0.05) is 6.20 Å². The zero-order chi connectivity index (χ0) is 15.1. The molecule has 0 fully saturated rings. The van der Waals surface area contributed by atoms with Crippen molar-refractivity contribution in [2.45, 2.75) is 72.6 Å². The van der Waals surface area contributed by atoms with E-state index < -0.39 is 25.6 Å². The summed E-state index contributed by atoms with van der Waals surface area (Å²) in [6.45, 7) is 7.01. The Kier molecular flexibility index (Phi) is 15.2. The van der Waals surface area contributed by atoms with Crippen LogP contribution in [-0.4, -0.2) is 24.7 Å². The molecule has 0 saturated heterocycles. The van der Waals surface area contributed by atoms with E-state index in [0.29, 0.717) is 0 Å². The van der Waals surface area contributed by atoms with E-state index in [9.17, 15) is 4.39 Å². The van der Waals surface area contributed by atoms with Crippen LogP contribution in [0.1, 0.15) is 59.3 Å². The van der Waals surface area contributed by atoms with Gasteiger partial charge in [-0.2, -0.15) is 0 Å². The Balaban J connectivity index is 0.000000428. The molecule has 0 aliphatic carbocycles. The van der Waals surface area contributed by atoms with Crippen LogP contribution in [0, 0.1) is 12.0 Å². The zero-order valence-electron chi connectivity index (χ0n) is 13.5. The predicted octanol–water partition coefficient (Wildman–Crippen LogP) is 5.63. The Morgan fingerprint density at radius 2 is 1.50 bits per heavy atom. The molecule has 0 saturated carbocycles. The van der Waals surface area contributed by atoms with Gasteiger partial charge in [0.15, 0.2) is 5.82 Å². The predicted molar refractivity (Wildman–Crippen MR) is 89.3 cm³/mol. The molecular weight excluding hydrogens is 356 g/mol. The van der Waals surface area contributed by atoms with E-state index >= 15 is 0 Å². The van der Waals surface area contributed by atoms with E-state index in [-0.39, 0.29) is 0 Å². The van der Waals surface area contributed by atoms with E-state index in [4.69, 9.17) is 0 Å². The number of nitrogens with zero attached hydrogens (tertiary/aromatic N) is 1. The van der Waals surface area contributed by atoms with Crippen LogP contribution in [0.3, 0.4) is 0 Å². The van der Waals surface area contributed by atoms with Gasteiger partial charge in [-0.1, -0.05) is 0 Å². The Morgan fingerprint density at radius 1 is 1.00 bits per heavy atom. The summed E-state index contributed by atoms with van der Waals surface area (Å²) < 4.78 is 16.9. The van der Waals surface area contributed by atoms with E-state index in [0.717, 1.165) is 0 Å². The molecule has 0 aromatic carbocycles. The average Bonchev–Trinajstić information content (AvgIpc) is 2.48. The van der Waals surface area contributed by atoms with E-state index in [1.54, 1.807) is 13.3 Å². The van der Waals surface area contributed by atoms with Crippen LogP contribution in [0.2, 0.25) is 13.3 Å². The van der Waals surface area contributed by atoms with Crippen molar-refractivity contribution in [2.75, 3.05) is 0 Å². The van der Waals surface area contributed by atoms with Crippen LogP contribution in [0.5, 0.6) is 0 Å². The van der Waals surface area contributed by atoms with E-state index in [1.165, 1.54) is 56.9 Å². The zero-order valence-corrected chi connectivity index (χ0v) is 16.8. The summed E-state index contributed by atoms with van der Waals surface area (Å²) in [5.41, 5.74) is 0. The van der Waals surface area contributed by atoms with Gasteiger partial charge >= 0.3 is 92.4 Å². The summed E-state index contributed by atoms with van der Waals surface area (Å²) in [6.07, 6.45) is 12.5. The van der Waals surface area contributed by atoms with Crippen LogP contribution >= 0.6 is 0 Å². The number of hydrogen-bond donors (Lipinski definition) is 0. The second-order valence-electron chi connectivity index (χ2n) is 5.39. The van der Waals surface area contributed by atoms with Gasteiger partial charge in [0.1, 0.15) is 6.20 Å². The summed E-state index contributed by atoms with van der Waals surface area (Å²) in [5, 5.41) is 0. The number of halogens is 1. The molecule has 0 aliphatic rings. The summed E-state index contributed by atoms with van der Waals surface area (Å²) in [4.78, 5) is 3.38. The standard InChI is InChI=1S/C5H3FN.3C4H9.Sn.H/c6-5-2-1-3-7-4-5;3*1-3-4-2;;/h1-3H;3*1,3-4H2,2H3;;. The smallest absolute Gasteiger partial charge is 0.151 e. The summed E-state index contributed by atoms with van der Waals surface area (Å²) in [6, 6.07) is 2.82. The van der Waals surface area contributed by atoms with E-state index in [2.05, 4.69) is 32.0 Å². The van der Waals surface area contributed by atoms with Crippen LogP contribution in [0.4, 0.5) is 4.39 Å². The number of unbranched alkanes of at least 4 members (excludes halogenated alkanes) is 3. The summed E-state index contributed by atoms with van der Waals surface area (Å²) >= 11 is -0.967. The third-order valence-electron chi connectivity index (χ3n) is 3.47. The summed E-state index contributed by atoms with van der Waals surface area (Å²) in [5.74, 6) is -0.414. The second kappa shape index (κ2) is 15.3. The first-order valence-corrected chi connectivity index (χ1v) is 15.2. The molecule has 3 heteroatoms. The third kappa shape index (κ3) is 12.9. The molecule has 20 heavy (non-hydrogen) atoms. The fraction of sp³-hybridized carbons (Fsp3) is 0.706. The van der Waals surface area contributed by atoms with Gasteiger partial charge in [0.2, 0.25) is 0 Å². The van der Waals surface area contributed by atoms with Crippen molar-refractivity contribution in [2.24, 2.45) is 0 Å². The van der Waals surface area contributed by atoms with Gasteiger partial charge in [-0.3, -0.25) is 4.98 Å². The molecule has 1 rings (SSSR count). The normalized spacial score (nSPS) is 10.2. The number of hydrogen-bond acceptors (Lipinski definition) is 1. The Labute approximate surface area is 132 Å². The number of pyridine rings is 1. The minimum absolute atomic E-state index is 0.414. The Morgan fingerprint density at radius 3 is 1.75 bits per heavy atom. The molecule has 115 valence electrons. The van der Waals surface area contributed by atoms with Gasteiger partial charge in [0.05, 0.1) is 0 Å². The molecule has 1 nitrogen and oxygen atoms in total. The van der Waals surface area contributed by atoms with Crippen LogP contribution < -0.4 is 0 Å². The van der Waals surface area contributed by atoms with Gasteiger partial charge in [-0.05, 0) is 12.1 Å². The maximum atomic E-state index is 11.8. The fourth-order valence-electron chi connectivity index (χ4n) is 2.22. The van der Waals surface area contributed by atoms with Gasteiger partial charge in [-0.15, -0.1) is 0 Å². The van der Waals surface area contributed by atoms with Crippen LogP contribution in [0.15, 0.2) is 18.3 Å². The first kappa shape index (κ1) is 19.9. The molecule has 1 heterocycles. The van der Waals surface area contributed by atoms with Crippen LogP contribution in [-0.2, 0) is 0 Å². The molecule has 1 radical (unpaired) electrons. The number of aromatic nitrogens is 1. The molecule has 0 spiro atoms. The Hall–Kier alpha value is -0.121. The monoisotopic (exact) mass is 388 g/mol. The van der Waals surface area contributed by atoms with Crippen molar-refractivity contribution in [1.29, 1.82) is 0 Å². The SMILES string of the molecule is CCC[CH2][SnH]([CH2]CCC)[CH2]CCC.Fc1[c]nccc1. The molecular formula is C17H31FNSn. The first-order valence-electron chi connectivity index (χ1n) is 8.22. The quantitative estimate of drug-likeness (QED) is 0.500. The maximum Gasteiger partial charge on any atom is 0.151 e. The molecule has 0 atom stereocenters. The molecule has 0 amide bonds. The minimum atomic E-state index is -0.967. The molecule has 0 aliphatic heterocycles. The van der Waals surface area contributed by atoms with Gasteiger partial charge < -0.3 is 0 Å². The van der Waals surface area contributed by atoms with Gasteiger partial charge in [-0.25, -0.2) is 4.39 Å². The maximum absolute atomic E-state index is 11.8. The van der Waals surface area contributed by atoms with Gasteiger partial charge in [0.25, 0.3) is 0 Å². The summed E-state index contributed by atoms with van der Waals surface area (Å²) in [7, 11) is 0. The second-order valence-corrected chi connectivity index (χ2v) is 15.3. The molecule has 0 bridgehead atoms. The van der Waals surface area contributed by atoms with Crippen molar-refractivity contribution in [3.63, 3.8) is 0 Å². The molecule has 0 unspecified atom stereocenters. The molecule has 1 aromatic rings. The minimum Gasteiger partial charge on any atom is -0.251 e. The Bertz CT molecular complexity index is 273. The first-order chi connectivity index (χ1) is 9.74. The van der Waals surface area contributed by atoms with Crippen molar-refractivity contribution in [3.05, 3.63) is 30.3 Å². The largest absolute Gasteiger partial charge is 0.251 e. The third-order valence-corrected chi connectivity index (χ3v) is 14.0. The van der Waals surface area contributed by atoms with Crippen molar-refractivity contribution < 1.29 is 4.39 Å². The van der Waals surface area contributed by atoms with Crippen LogP contribution in [0.25, 0.3) is 0 Å². The molecule has 0 N–H and O–H groups in total. The van der Waals surface area contributed by atoms with Crippen molar-refractivity contribution >= 4 is 19.8 Å². The molecule has 1 aromatic heterocycles. The van der Waals surface area contributed by atoms with Crippen molar-refractivity contribution in [3.8, 4) is 0 Å². The average molecular weight is 387 g/mol. The fourth-order valence-corrected chi connectivity index (χ4v) is 13.1. The number of rotatable bonds is 9.